The molecule has 0 fully saturated rings. The Labute approximate surface area is 171 Å². The molecule has 2 aromatic rings. The molecule has 0 bridgehead atoms. The number of amides is 1. The third-order valence-electron chi connectivity index (χ3n) is 4.57. The van der Waals surface area contributed by atoms with Crippen molar-refractivity contribution in [3.63, 3.8) is 0 Å². The number of nitrogens with one attached hydrogen (secondary N) is 2. The molecule has 0 saturated heterocycles. The zero-order valence-corrected chi connectivity index (χ0v) is 16.4. The molecule has 0 aromatic heterocycles. The van der Waals surface area contributed by atoms with Crippen LogP contribution in [0.5, 0.6) is 0 Å². The van der Waals surface area contributed by atoms with Gasteiger partial charge in [-0.25, -0.2) is 4.39 Å². The monoisotopic (exact) mass is 423 g/mol. The number of alkyl halides is 3. The molecule has 160 valence electrons. The standard InChI is InChI=1S/C21H21F4N3O2/c1-3-8-28(12-30-2)19-7-5-14(10-17(19)21(23,24)25)26-11-16-15-6-4-13(22)9-18(15)27-20(16)29/h4-7,9-11,26H,3,8,12H2,1-2H3,(H,27,29)/b16-11+. The van der Waals surface area contributed by atoms with Crippen LogP contribution in [0.15, 0.2) is 42.6 Å². The van der Waals surface area contributed by atoms with Crippen LogP contribution in [0.1, 0.15) is 24.5 Å². The number of fused-ring (bicyclic) bond motifs is 1. The fourth-order valence-corrected chi connectivity index (χ4v) is 3.27. The Kier molecular flexibility index (Phi) is 6.31. The van der Waals surface area contributed by atoms with Crippen molar-refractivity contribution in [2.75, 3.05) is 35.9 Å². The molecule has 1 heterocycles. The Bertz CT molecular complexity index is 967. The molecule has 1 aliphatic rings. The maximum absolute atomic E-state index is 13.7. The van der Waals surface area contributed by atoms with Crippen LogP contribution in [0.3, 0.4) is 0 Å². The second-order valence-electron chi connectivity index (χ2n) is 6.76. The lowest BCUT2D eigenvalue weighted by atomic mass is 10.1. The maximum Gasteiger partial charge on any atom is 0.418 e. The van der Waals surface area contributed by atoms with E-state index in [1.807, 2.05) is 6.92 Å². The predicted octanol–water partition coefficient (Wildman–Crippen LogP) is 5.07. The molecule has 0 unspecified atom stereocenters. The third-order valence-corrected chi connectivity index (χ3v) is 4.57. The summed E-state index contributed by atoms with van der Waals surface area (Å²) in [5, 5.41) is 5.27. The fraction of sp³-hybridized carbons (Fsp3) is 0.286. The molecule has 1 aliphatic heterocycles. The Morgan fingerprint density at radius 3 is 2.63 bits per heavy atom. The second-order valence-corrected chi connectivity index (χ2v) is 6.76. The average molecular weight is 423 g/mol. The van der Waals surface area contributed by atoms with E-state index in [0.29, 0.717) is 24.2 Å². The highest BCUT2D eigenvalue weighted by molar-refractivity contribution is 6.31. The largest absolute Gasteiger partial charge is 0.418 e. The van der Waals surface area contributed by atoms with E-state index >= 15 is 0 Å². The first-order valence-electron chi connectivity index (χ1n) is 9.27. The number of ether oxygens (including phenoxy) is 1. The van der Waals surface area contributed by atoms with Gasteiger partial charge >= 0.3 is 6.18 Å². The molecule has 0 saturated carbocycles. The summed E-state index contributed by atoms with van der Waals surface area (Å²) in [4.78, 5) is 13.6. The normalized spacial score (nSPS) is 14.6. The minimum atomic E-state index is -4.57. The van der Waals surface area contributed by atoms with E-state index < -0.39 is 23.5 Å². The van der Waals surface area contributed by atoms with Gasteiger partial charge in [0.1, 0.15) is 12.5 Å². The summed E-state index contributed by atoms with van der Waals surface area (Å²) in [5.41, 5.74) is 0.355. The third kappa shape index (κ3) is 4.56. The number of carbonyl (C=O) groups is 1. The zero-order valence-electron chi connectivity index (χ0n) is 16.4. The Morgan fingerprint density at radius 1 is 1.20 bits per heavy atom. The van der Waals surface area contributed by atoms with E-state index in [1.165, 1.54) is 48.5 Å². The Morgan fingerprint density at radius 2 is 1.97 bits per heavy atom. The molecule has 30 heavy (non-hydrogen) atoms. The van der Waals surface area contributed by atoms with Crippen LogP contribution in [0.4, 0.5) is 34.6 Å². The second kappa shape index (κ2) is 8.74. The molecule has 3 rings (SSSR count). The van der Waals surface area contributed by atoms with Crippen molar-refractivity contribution in [2.24, 2.45) is 0 Å². The van der Waals surface area contributed by atoms with E-state index in [1.54, 1.807) is 0 Å². The van der Waals surface area contributed by atoms with E-state index in [9.17, 15) is 22.4 Å². The van der Waals surface area contributed by atoms with Gasteiger partial charge in [0.05, 0.1) is 22.5 Å². The molecule has 2 aromatic carbocycles. The summed E-state index contributed by atoms with van der Waals surface area (Å²) < 4.78 is 59.5. The van der Waals surface area contributed by atoms with Crippen LogP contribution < -0.4 is 15.5 Å². The number of anilines is 3. The van der Waals surface area contributed by atoms with Gasteiger partial charge in [-0.3, -0.25) is 4.79 Å². The lowest BCUT2D eigenvalue weighted by Gasteiger charge is -2.27. The minimum Gasteiger partial charge on any atom is -0.364 e. The van der Waals surface area contributed by atoms with Gasteiger partial charge in [-0.1, -0.05) is 6.92 Å². The molecule has 0 spiro atoms. The maximum atomic E-state index is 13.7. The van der Waals surface area contributed by atoms with Crippen molar-refractivity contribution in [3.8, 4) is 0 Å². The highest BCUT2D eigenvalue weighted by Crippen LogP contribution is 2.39. The van der Waals surface area contributed by atoms with E-state index in [0.717, 1.165) is 6.07 Å². The van der Waals surface area contributed by atoms with Crippen molar-refractivity contribution in [3.05, 3.63) is 59.5 Å². The van der Waals surface area contributed by atoms with Gasteiger partial charge in [-0.05, 0) is 42.8 Å². The van der Waals surface area contributed by atoms with Gasteiger partial charge in [0.15, 0.2) is 0 Å². The van der Waals surface area contributed by atoms with Crippen molar-refractivity contribution >= 4 is 28.5 Å². The van der Waals surface area contributed by atoms with Crippen LogP contribution in [0.25, 0.3) is 5.57 Å². The molecular formula is C21H21F4N3O2. The van der Waals surface area contributed by atoms with Gasteiger partial charge in [0, 0.05) is 31.1 Å². The Balaban J connectivity index is 1.93. The van der Waals surface area contributed by atoms with Gasteiger partial charge in [0.25, 0.3) is 5.91 Å². The highest BCUT2D eigenvalue weighted by atomic mass is 19.4. The van der Waals surface area contributed by atoms with Crippen LogP contribution >= 0.6 is 0 Å². The first-order valence-corrected chi connectivity index (χ1v) is 9.27. The summed E-state index contributed by atoms with van der Waals surface area (Å²) in [6.07, 6.45) is -2.61. The summed E-state index contributed by atoms with van der Waals surface area (Å²) in [6, 6.07) is 7.69. The molecule has 0 aliphatic carbocycles. The fourth-order valence-electron chi connectivity index (χ4n) is 3.27. The van der Waals surface area contributed by atoms with Gasteiger partial charge < -0.3 is 20.3 Å². The van der Waals surface area contributed by atoms with E-state index in [-0.39, 0.29) is 23.7 Å². The average Bonchev–Trinajstić information content (AvgIpc) is 2.99. The van der Waals surface area contributed by atoms with Crippen LogP contribution in [0, 0.1) is 5.82 Å². The molecule has 0 atom stereocenters. The summed E-state index contributed by atoms with van der Waals surface area (Å²) in [6.45, 7) is 2.30. The van der Waals surface area contributed by atoms with E-state index in [2.05, 4.69) is 10.6 Å². The number of nitrogens with zero attached hydrogens (tertiary/aromatic N) is 1. The predicted molar refractivity (Wildman–Crippen MR) is 108 cm³/mol. The van der Waals surface area contributed by atoms with E-state index in [4.69, 9.17) is 4.74 Å². The topological polar surface area (TPSA) is 53.6 Å². The van der Waals surface area contributed by atoms with Crippen molar-refractivity contribution < 1.29 is 27.1 Å². The molecule has 1 amide bonds. The molecule has 0 radical (unpaired) electrons. The lowest BCUT2D eigenvalue weighted by molar-refractivity contribution is -0.137. The quantitative estimate of drug-likeness (QED) is 0.371. The number of hydrogen-bond acceptors (Lipinski definition) is 4. The SMILES string of the molecule is CCCN(COC)c1ccc(N/C=C2/C(=O)Nc3cc(F)ccc32)cc1C(F)(F)F. The highest BCUT2D eigenvalue weighted by Gasteiger charge is 2.35. The van der Waals surface area contributed by atoms with Crippen molar-refractivity contribution in [2.45, 2.75) is 19.5 Å². The summed E-state index contributed by atoms with van der Waals surface area (Å²) in [5.74, 6) is -0.966. The molecular weight excluding hydrogens is 402 g/mol. The smallest absolute Gasteiger partial charge is 0.364 e. The van der Waals surface area contributed by atoms with Gasteiger partial charge in [-0.2, -0.15) is 13.2 Å². The molecule has 2 N–H and O–H groups in total. The molecule has 5 nitrogen and oxygen atoms in total. The summed E-state index contributed by atoms with van der Waals surface area (Å²) in [7, 11) is 1.42. The number of halogens is 4. The first kappa shape index (κ1) is 21.6. The summed E-state index contributed by atoms with van der Waals surface area (Å²) >= 11 is 0. The van der Waals surface area contributed by atoms with Gasteiger partial charge in [0.2, 0.25) is 0 Å². The first-order chi connectivity index (χ1) is 14.2. The number of methoxy groups -OCH3 is 1. The number of rotatable bonds is 7. The van der Waals surface area contributed by atoms with Crippen molar-refractivity contribution in [1.29, 1.82) is 0 Å². The number of benzene rings is 2. The minimum absolute atomic E-state index is 0.0174. The van der Waals surface area contributed by atoms with Crippen LogP contribution in [-0.4, -0.2) is 26.3 Å². The Hall–Kier alpha value is -3.07. The van der Waals surface area contributed by atoms with Crippen LogP contribution in [-0.2, 0) is 15.7 Å². The lowest BCUT2D eigenvalue weighted by Crippen LogP contribution is -2.28. The number of carbonyl (C=O) groups excluding carboxylic acids is 1. The number of hydrogen-bond donors (Lipinski definition) is 2. The van der Waals surface area contributed by atoms with Gasteiger partial charge in [-0.15, -0.1) is 0 Å². The van der Waals surface area contributed by atoms with Crippen LogP contribution in [0.2, 0.25) is 0 Å². The molecule has 9 heteroatoms. The zero-order chi connectivity index (χ0) is 21.9. The van der Waals surface area contributed by atoms with Crippen molar-refractivity contribution in [1.82, 2.24) is 0 Å².